The molecule has 1 saturated heterocycles. The van der Waals surface area contributed by atoms with Gasteiger partial charge in [-0.1, -0.05) is 0 Å². The molecule has 0 spiro atoms. The fourth-order valence-corrected chi connectivity index (χ4v) is 2.03. The molecule has 0 amide bonds. The van der Waals surface area contributed by atoms with Gasteiger partial charge in [0.25, 0.3) is 5.69 Å². The number of anilines is 1. The van der Waals surface area contributed by atoms with Crippen LogP contribution in [0.2, 0.25) is 0 Å². The van der Waals surface area contributed by atoms with Gasteiger partial charge < -0.3 is 9.64 Å². The molecule has 19 heavy (non-hydrogen) atoms. The van der Waals surface area contributed by atoms with Crippen molar-refractivity contribution in [2.24, 2.45) is 0 Å². The monoisotopic (exact) mass is 264 g/mol. The minimum atomic E-state index is -0.417. The molecule has 0 aromatic heterocycles. The zero-order valence-electron chi connectivity index (χ0n) is 11.0. The number of nitro groups is 1. The molecule has 6 nitrogen and oxygen atoms in total. The number of likely N-dealkylation sites (N-methyl/N-ethyl adjacent to an activating group) is 1. The zero-order chi connectivity index (χ0) is 13.7. The van der Waals surface area contributed by atoms with Gasteiger partial charge >= 0.3 is 0 Å². The number of hydrogen-bond donors (Lipinski definition) is 0. The van der Waals surface area contributed by atoms with E-state index in [-0.39, 0.29) is 5.69 Å². The molecule has 0 bridgehead atoms. The Labute approximate surface area is 112 Å². The van der Waals surface area contributed by atoms with Gasteiger partial charge in [0, 0.05) is 45.0 Å². The molecule has 1 heterocycles. The van der Waals surface area contributed by atoms with E-state index >= 15 is 0 Å². The van der Waals surface area contributed by atoms with Crippen molar-refractivity contribution in [1.82, 2.24) is 4.90 Å². The van der Waals surface area contributed by atoms with Crippen molar-refractivity contribution >= 4 is 11.4 Å². The molecule has 2 rings (SSSR count). The van der Waals surface area contributed by atoms with E-state index in [1.807, 2.05) is 18.0 Å². The molecular weight excluding hydrogens is 246 g/mol. The molecule has 1 radical (unpaired) electrons. The van der Waals surface area contributed by atoms with E-state index < -0.39 is 4.92 Å². The minimum absolute atomic E-state index is 0.00993. The van der Waals surface area contributed by atoms with Crippen LogP contribution in [0.1, 0.15) is 0 Å². The first-order valence-corrected chi connectivity index (χ1v) is 6.34. The molecule has 1 aliphatic rings. The Kier molecular flexibility index (Phi) is 4.70. The van der Waals surface area contributed by atoms with Crippen molar-refractivity contribution in [1.29, 1.82) is 0 Å². The highest BCUT2D eigenvalue weighted by atomic mass is 16.6. The second-order valence-electron chi connectivity index (χ2n) is 4.56. The lowest BCUT2D eigenvalue weighted by Gasteiger charge is -2.29. The Balaban J connectivity index is 1.89. The first-order chi connectivity index (χ1) is 9.16. The van der Waals surface area contributed by atoms with Crippen LogP contribution in [0.15, 0.2) is 18.2 Å². The van der Waals surface area contributed by atoms with Crippen molar-refractivity contribution in [3.05, 3.63) is 34.4 Å². The maximum Gasteiger partial charge on any atom is 0.279 e. The summed E-state index contributed by atoms with van der Waals surface area (Å²) in [4.78, 5) is 14.7. The van der Waals surface area contributed by atoms with Gasteiger partial charge in [0.2, 0.25) is 0 Å². The fraction of sp³-hybridized carbons (Fsp3) is 0.538. The standard InChI is InChI=1S/C13H18N3O3/c1-14(5-6-15-7-9-19-10-8-15)12-3-2-4-13(11-12)16(17)18/h2-3,11H,5-10H2,1H3. The van der Waals surface area contributed by atoms with Crippen LogP contribution in [0.5, 0.6) is 0 Å². The quantitative estimate of drug-likeness (QED) is 0.590. The maximum absolute atomic E-state index is 10.7. The van der Waals surface area contributed by atoms with E-state index in [1.54, 1.807) is 12.1 Å². The number of ether oxygens (including phenoxy) is 1. The van der Waals surface area contributed by atoms with Crippen molar-refractivity contribution in [3.63, 3.8) is 0 Å². The Morgan fingerprint density at radius 3 is 2.95 bits per heavy atom. The second kappa shape index (κ2) is 6.49. The summed E-state index contributed by atoms with van der Waals surface area (Å²) in [5.41, 5.74) is 0.856. The molecule has 0 unspecified atom stereocenters. The van der Waals surface area contributed by atoms with E-state index in [0.717, 1.165) is 45.1 Å². The highest BCUT2D eigenvalue weighted by molar-refractivity contribution is 5.52. The van der Waals surface area contributed by atoms with Gasteiger partial charge in [-0.25, -0.2) is 0 Å². The minimum Gasteiger partial charge on any atom is -0.379 e. The van der Waals surface area contributed by atoms with Crippen molar-refractivity contribution in [2.45, 2.75) is 0 Å². The number of nitrogens with zero attached hydrogens (tertiary/aromatic N) is 3. The summed E-state index contributed by atoms with van der Waals surface area (Å²) in [5.74, 6) is 0. The van der Waals surface area contributed by atoms with Crippen molar-refractivity contribution in [2.75, 3.05) is 51.3 Å². The second-order valence-corrected chi connectivity index (χ2v) is 4.56. The first-order valence-electron chi connectivity index (χ1n) is 6.34. The van der Waals surface area contributed by atoms with Crippen LogP contribution in [-0.2, 0) is 4.74 Å². The molecule has 6 heteroatoms. The average molecular weight is 264 g/mol. The van der Waals surface area contributed by atoms with Crippen molar-refractivity contribution in [3.8, 4) is 0 Å². The third kappa shape index (κ3) is 3.90. The zero-order valence-corrected chi connectivity index (χ0v) is 11.0. The predicted molar refractivity (Wildman–Crippen MR) is 72.5 cm³/mol. The number of hydrogen-bond acceptors (Lipinski definition) is 5. The van der Waals surface area contributed by atoms with Gasteiger partial charge in [0.15, 0.2) is 0 Å². The van der Waals surface area contributed by atoms with Gasteiger partial charge in [0.05, 0.1) is 24.2 Å². The van der Waals surface area contributed by atoms with Gasteiger partial charge in [-0.05, 0) is 12.1 Å². The number of rotatable bonds is 5. The van der Waals surface area contributed by atoms with Crippen LogP contribution in [0, 0.1) is 16.2 Å². The molecule has 1 aromatic rings. The third-order valence-corrected chi connectivity index (χ3v) is 3.26. The van der Waals surface area contributed by atoms with E-state index in [9.17, 15) is 10.1 Å². The lowest BCUT2D eigenvalue weighted by Crippen LogP contribution is -2.40. The largest absolute Gasteiger partial charge is 0.379 e. The van der Waals surface area contributed by atoms with Gasteiger partial charge in [-0.15, -0.1) is 0 Å². The molecule has 1 aromatic carbocycles. The highest BCUT2D eigenvalue weighted by Gasteiger charge is 2.12. The number of morpholine rings is 1. The third-order valence-electron chi connectivity index (χ3n) is 3.26. The molecule has 0 saturated carbocycles. The number of nitro benzene ring substituents is 1. The van der Waals surface area contributed by atoms with Crippen LogP contribution in [0.4, 0.5) is 11.4 Å². The molecule has 1 fully saturated rings. The van der Waals surface area contributed by atoms with Gasteiger partial charge in [-0.3, -0.25) is 15.0 Å². The summed E-state index contributed by atoms with van der Waals surface area (Å²) >= 11 is 0. The lowest BCUT2D eigenvalue weighted by atomic mass is 10.2. The molecule has 1 aliphatic heterocycles. The van der Waals surface area contributed by atoms with E-state index in [1.165, 1.54) is 0 Å². The first kappa shape index (κ1) is 13.8. The topological polar surface area (TPSA) is 58.8 Å². The van der Waals surface area contributed by atoms with Crippen LogP contribution < -0.4 is 4.90 Å². The Morgan fingerprint density at radius 2 is 2.26 bits per heavy atom. The highest BCUT2D eigenvalue weighted by Crippen LogP contribution is 2.19. The summed E-state index contributed by atoms with van der Waals surface area (Å²) in [6.45, 7) is 5.26. The Morgan fingerprint density at radius 1 is 1.53 bits per heavy atom. The molecule has 0 atom stereocenters. The maximum atomic E-state index is 10.7. The molecular formula is C13H18N3O3. The summed E-state index contributed by atoms with van der Waals surface area (Å²) < 4.78 is 5.30. The molecule has 0 aliphatic carbocycles. The lowest BCUT2D eigenvalue weighted by molar-refractivity contribution is -0.385. The SMILES string of the molecule is CN(CCN1CCOCC1)c1cc[c]c([N+](=O)[O-])c1. The van der Waals surface area contributed by atoms with Crippen molar-refractivity contribution < 1.29 is 9.66 Å². The summed E-state index contributed by atoms with van der Waals surface area (Å²) in [5, 5.41) is 10.7. The summed E-state index contributed by atoms with van der Waals surface area (Å²) in [6, 6.07) is 7.61. The Bertz CT molecular complexity index is 433. The van der Waals surface area contributed by atoms with Crippen LogP contribution >= 0.6 is 0 Å². The van der Waals surface area contributed by atoms with Crippen LogP contribution in [-0.4, -0.2) is 56.3 Å². The van der Waals surface area contributed by atoms with E-state index in [2.05, 4.69) is 11.0 Å². The summed E-state index contributed by atoms with van der Waals surface area (Å²) in [6.07, 6.45) is 0. The number of benzene rings is 1. The number of non-ortho nitro benzene ring substituents is 1. The van der Waals surface area contributed by atoms with Gasteiger partial charge in [0.1, 0.15) is 0 Å². The predicted octanol–water partition coefficient (Wildman–Crippen LogP) is 1.16. The smallest absolute Gasteiger partial charge is 0.279 e. The van der Waals surface area contributed by atoms with E-state index in [4.69, 9.17) is 4.74 Å². The fourth-order valence-electron chi connectivity index (χ4n) is 2.03. The average Bonchev–Trinajstić information content (AvgIpc) is 2.46. The Hall–Kier alpha value is -1.66. The van der Waals surface area contributed by atoms with Gasteiger partial charge in [-0.2, -0.15) is 0 Å². The van der Waals surface area contributed by atoms with Crippen LogP contribution in [0.3, 0.4) is 0 Å². The normalized spacial score (nSPS) is 16.3. The summed E-state index contributed by atoms with van der Waals surface area (Å²) in [7, 11) is 1.94. The van der Waals surface area contributed by atoms with E-state index in [0.29, 0.717) is 0 Å². The van der Waals surface area contributed by atoms with Crippen LogP contribution in [0.25, 0.3) is 0 Å². The molecule has 103 valence electrons. The molecule has 0 N–H and O–H groups in total.